The molecule has 0 bridgehead atoms. The summed E-state index contributed by atoms with van der Waals surface area (Å²) in [4.78, 5) is 12.6. The highest BCUT2D eigenvalue weighted by Gasteiger charge is 2.16. The van der Waals surface area contributed by atoms with Crippen LogP contribution in [0, 0.1) is 5.82 Å². The van der Waals surface area contributed by atoms with Crippen LogP contribution in [-0.4, -0.2) is 26.6 Å². The number of hydrogen-bond donors (Lipinski definition) is 0. The summed E-state index contributed by atoms with van der Waals surface area (Å²) in [5.74, 6) is 0.320. The van der Waals surface area contributed by atoms with Gasteiger partial charge in [0.15, 0.2) is 17.3 Å². The number of fused-ring (bicyclic) bond motifs is 1. The first-order valence-electron chi connectivity index (χ1n) is 5.69. The summed E-state index contributed by atoms with van der Waals surface area (Å²) in [5.41, 5.74) is 1.53. The summed E-state index contributed by atoms with van der Waals surface area (Å²) < 4.78 is 20.7. The zero-order valence-electron chi connectivity index (χ0n) is 10.5. The summed E-state index contributed by atoms with van der Waals surface area (Å²) in [6, 6.07) is 6.47. The maximum Gasteiger partial charge on any atom is 0.213 e. The average Bonchev–Trinajstić information content (AvgIpc) is 2.77. The number of halogens is 1. The lowest BCUT2D eigenvalue weighted by molar-refractivity contribution is 0.396. The van der Waals surface area contributed by atoms with Crippen molar-refractivity contribution in [3.05, 3.63) is 36.3 Å². The summed E-state index contributed by atoms with van der Waals surface area (Å²) in [6.45, 7) is 0. The third-order valence-corrected chi connectivity index (χ3v) is 2.90. The fraction of sp³-hybridized carbons (Fsp3) is 0.154. The van der Waals surface area contributed by atoms with Gasteiger partial charge in [-0.1, -0.05) is 0 Å². The SMILES string of the molecule is COc1ccc(F)c(-c2nc3ncccc3n2C)n1. The van der Waals surface area contributed by atoms with E-state index in [1.165, 1.54) is 19.2 Å². The molecule has 3 rings (SSSR count). The Kier molecular flexibility index (Phi) is 2.63. The van der Waals surface area contributed by atoms with Crippen LogP contribution >= 0.6 is 0 Å². The number of pyridine rings is 2. The van der Waals surface area contributed by atoms with Crippen molar-refractivity contribution in [1.82, 2.24) is 19.5 Å². The topological polar surface area (TPSA) is 52.8 Å². The highest BCUT2D eigenvalue weighted by atomic mass is 19.1. The second-order valence-electron chi connectivity index (χ2n) is 4.02. The maximum atomic E-state index is 13.9. The van der Waals surface area contributed by atoms with E-state index in [-0.39, 0.29) is 5.69 Å². The predicted octanol–water partition coefficient (Wildman–Crippen LogP) is 2.18. The molecule has 0 atom stereocenters. The Morgan fingerprint density at radius 3 is 2.79 bits per heavy atom. The molecule has 96 valence electrons. The number of methoxy groups -OCH3 is 1. The Morgan fingerprint density at radius 1 is 1.21 bits per heavy atom. The van der Waals surface area contributed by atoms with Gasteiger partial charge in [-0.15, -0.1) is 0 Å². The Bertz CT molecular complexity index is 753. The molecule has 0 unspecified atom stereocenters. The van der Waals surface area contributed by atoms with Gasteiger partial charge in [-0.2, -0.15) is 0 Å². The van der Waals surface area contributed by atoms with E-state index in [2.05, 4.69) is 15.0 Å². The quantitative estimate of drug-likeness (QED) is 0.707. The number of nitrogens with zero attached hydrogens (tertiary/aromatic N) is 4. The highest BCUT2D eigenvalue weighted by molar-refractivity contribution is 5.76. The predicted molar refractivity (Wildman–Crippen MR) is 68.3 cm³/mol. The van der Waals surface area contributed by atoms with Crippen molar-refractivity contribution in [2.24, 2.45) is 7.05 Å². The lowest BCUT2D eigenvalue weighted by Gasteiger charge is -2.05. The molecule has 0 aliphatic heterocycles. The number of hydrogen-bond acceptors (Lipinski definition) is 4. The van der Waals surface area contributed by atoms with Gasteiger partial charge >= 0.3 is 0 Å². The fourth-order valence-corrected chi connectivity index (χ4v) is 1.93. The molecule has 0 saturated heterocycles. The molecule has 0 amide bonds. The summed E-state index contributed by atoms with van der Waals surface area (Å²) in [5, 5.41) is 0. The van der Waals surface area contributed by atoms with E-state index < -0.39 is 5.82 Å². The van der Waals surface area contributed by atoms with Gasteiger partial charge in [0.1, 0.15) is 5.69 Å². The van der Waals surface area contributed by atoms with Crippen LogP contribution in [0.2, 0.25) is 0 Å². The number of ether oxygens (including phenoxy) is 1. The standard InChI is InChI=1S/C13H11FN4O/c1-18-9-4-3-7-15-12(9)17-13(18)11-8(14)5-6-10(16-11)19-2/h3-7H,1-2H3. The molecule has 0 aliphatic rings. The Labute approximate surface area is 108 Å². The molecule has 3 aromatic heterocycles. The molecular weight excluding hydrogens is 247 g/mol. The monoisotopic (exact) mass is 258 g/mol. The fourth-order valence-electron chi connectivity index (χ4n) is 1.93. The molecule has 0 saturated carbocycles. The van der Waals surface area contributed by atoms with Crippen molar-refractivity contribution in [1.29, 1.82) is 0 Å². The van der Waals surface area contributed by atoms with Crippen molar-refractivity contribution in [2.75, 3.05) is 7.11 Å². The number of imidazole rings is 1. The number of aryl methyl sites for hydroxylation is 1. The van der Waals surface area contributed by atoms with Gasteiger partial charge in [-0.3, -0.25) is 0 Å². The minimum absolute atomic E-state index is 0.153. The summed E-state index contributed by atoms with van der Waals surface area (Å²) in [7, 11) is 3.29. The van der Waals surface area contributed by atoms with E-state index in [1.807, 2.05) is 12.1 Å². The molecule has 3 aromatic rings. The molecule has 19 heavy (non-hydrogen) atoms. The normalized spacial score (nSPS) is 10.9. The average molecular weight is 258 g/mol. The molecule has 0 aromatic carbocycles. The molecule has 3 heterocycles. The Hall–Kier alpha value is -2.50. The molecule has 0 spiro atoms. The van der Waals surface area contributed by atoms with Crippen LogP contribution in [0.25, 0.3) is 22.7 Å². The summed E-state index contributed by atoms with van der Waals surface area (Å²) >= 11 is 0. The Balaban J connectivity index is 2.27. The first-order valence-corrected chi connectivity index (χ1v) is 5.69. The van der Waals surface area contributed by atoms with Gasteiger partial charge in [0.2, 0.25) is 5.88 Å². The Morgan fingerprint density at radius 2 is 2.05 bits per heavy atom. The second kappa shape index (κ2) is 4.31. The van der Waals surface area contributed by atoms with Gasteiger partial charge in [-0.25, -0.2) is 19.3 Å². The smallest absolute Gasteiger partial charge is 0.213 e. The lowest BCUT2D eigenvalue weighted by atomic mass is 10.3. The third kappa shape index (κ3) is 1.81. The van der Waals surface area contributed by atoms with Crippen LogP contribution in [0.1, 0.15) is 0 Å². The minimum Gasteiger partial charge on any atom is -0.481 e. The van der Waals surface area contributed by atoms with E-state index in [4.69, 9.17) is 4.74 Å². The maximum absolute atomic E-state index is 13.9. The van der Waals surface area contributed by atoms with E-state index in [9.17, 15) is 4.39 Å². The van der Waals surface area contributed by atoms with E-state index in [0.717, 1.165) is 5.52 Å². The first kappa shape index (κ1) is 11.6. The lowest BCUT2D eigenvalue weighted by Crippen LogP contribution is -1.99. The first-order chi connectivity index (χ1) is 9.20. The molecular formula is C13H11FN4O. The van der Waals surface area contributed by atoms with Gasteiger partial charge in [-0.05, 0) is 18.2 Å². The number of rotatable bonds is 2. The van der Waals surface area contributed by atoms with Crippen LogP contribution in [0.5, 0.6) is 5.88 Å². The molecule has 0 radical (unpaired) electrons. The van der Waals surface area contributed by atoms with Gasteiger partial charge < -0.3 is 9.30 Å². The van der Waals surface area contributed by atoms with Gasteiger partial charge in [0, 0.05) is 19.3 Å². The van der Waals surface area contributed by atoms with Crippen molar-refractivity contribution in [3.8, 4) is 17.4 Å². The van der Waals surface area contributed by atoms with Crippen LogP contribution in [0.15, 0.2) is 30.5 Å². The van der Waals surface area contributed by atoms with E-state index in [1.54, 1.807) is 17.8 Å². The molecule has 5 nitrogen and oxygen atoms in total. The zero-order valence-corrected chi connectivity index (χ0v) is 10.5. The summed E-state index contributed by atoms with van der Waals surface area (Å²) in [6.07, 6.45) is 1.65. The van der Waals surface area contributed by atoms with Gasteiger partial charge in [0.05, 0.1) is 12.6 Å². The van der Waals surface area contributed by atoms with E-state index >= 15 is 0 Å². The molecule has 0 aliphatic carbocycles. The van der Waals surface area contributed by atoms with Crippen LogP contribution in [-0.2, 0) is 7.05 Å². The minimum atomic E-state index is -0.445. The van der Waals surface area contributed by atoms with Crippen molar-refractivity contribution in [3.63, 3.8) is 0 Å². The van der Waals surface area contributed by atoms with Crippen LogP contribution in [0.4, 0.5) is 4.39 Å². The molecule has 6 heteroatoms. The second-order valence-corrected chi connectivity index (χ2v) is 4.02. The zero-order chi connectivity index (χ0) is 13.4. The molecule has 0 N–H and O–H groups in total. The van der Waals surface area contributed by atoms with Crippen LogP contribution in [0.3, 0.4) is 0 Å². The number of aromatic nitrogens is 4. The largest absolute Gasteiger partial charge is 0.481 e. The third-order valence-electron chi connectivity index (χ3n) is 2.90. The van der Waals surface area contributed by atoms with E-state index in [0.29, 0.717) is 17.4 Å². The highest BCUT2D eigenvalue weighted by Crippen LogP contribution is 2.25. The van der Waals surface area contributed by atoms with Crippen molar-refractivity contribution < 1.29 is 9.13 Å². The van der Waals surface area contributed by atoms with Gasteiger partial charge in [0.25, 0.3) is 0 Å². The van der Waals surface area contributed by atoms with Crippen molar-refractivity contribution >= 4 is 11.2 Å². The molecule has 0 fully saturated rings. The van der Waals surface area contributed by atoms with Crippen molar-refractivity contribution in [2.45, 2.75) is 0 Å². The van der Waals surface area contributed by atoms with Crippen LogP contribution < -0.4 is 4.74 Å².